The molecular formula is C17H27NO3. The quantitative estimate of drug-likeness (QED) is 0.616. The van der Waals surface area contributed by atoms with E-state index in [1.807, 2.05) is 12.1 Å². The molecule has 0 bridgehead atoms. The van der Waals surface area contributed by atoms with Gasteiger partial charge in [0.15, 0.2) is 11.5 Å². The van der Waals surface area contributed by atoms with Crippen LogP contribution in [0.1, 0.15) is 44.1 Å². The molecule has 0 atom stereocenters. The van der Waals surface area contributed by atoms with Gasteiger partial charge in [0, 0.05) is 24.8 Å². The molecule has 2 rings (SSSR count). The summed E-state index contributed by atoms with van der Waals surface area (Å²) in [5, 5.41) is 12.3. The number of benzene rings is 1. The summed E-state index contributed by atoms with van der Waals surface area (Å²) in [5.74, 6) is 1.68. The Labute approximate surface area is 127 Å². The van der Waals surface area contributed by atoms with E-state index in [2.05, 4.69) is 11.4 Å². The van der Waals surface area contributed by atoms with E-state index in [9.17, 15) is 0 Å². The third kappa shape index (κ3) is 5.56. The second kappa shape index (κ2) is 8.90. The van der Waals surface area contributed by atoms with Crippen LogP contribution in [-0.2, 0) is 6.54 Å². The Bertz CT molecular complexity index is 418. The van der Waals surface area contributed by atoms with Crippen LogP contribution < -0.4 is 14.8 Å². The summed E-state index contributed by atoms with van der Waals surface area (Å²) in [6, 6.07) is 6.74. The smallest absolute Gasteiger partial charge is 0.165 e. The number of methoxy groups -OCH3 is 1. The van der Waals surface area contributed by atoms with Crippen molar-refractivity contribution in [2.75, 3.05) is 20.3 Å². The maximum atomic E-state index is 8.76. The molecule has 0 spiro atoms. The Morgan fingerprint density at radius 2 is 2.00 bits per heavy atom. The normalized spacial score (nSPS) is 14.2. The predicted molar refractivity (Wildman–Crippen MR) is 83.9 cm³/mol. The third-order valence-electron chi connectivity index (χ3n) is 3.74. The van der Waals surface area contributed by atoms with Crippen LogP contribution in [0.4, 0.5) is 0 Å². The molecule has 0 heterocycles. The number of rotatable bonds is 11. The fourth-order valence-electron chi connectivity index (χ4n) is 2.31. The van der Waals surface area contributed by atoms with Crippen LogP contribution in [0.2, 0.25) is 0 Å². The molecule has 21 heavy (non-hydrogen) atoms. The van der Waals surface area contributed by atoms with E-state index >= 15 is 0 Å². The Balaban J connectivity index is 1.84. The van der Waals surface area contributed by atoms with Gasteiger partial charge in [-0.3, -0.25) is 0 Å². The van der Waals surface area contributed by atoms with Gasteiger partial charge in [-0.15, -0.1) is 0 Å². The van der Waals surface area contributed by atoms with Crippen molar-refractivity contribution in [1.82, 2.24) is 5.32 Å². The van der Waals surface area contributed by atoms with Crippen molar-refractivity contribution in [1.29, 1.82) is 0 Å². The zero-order chi connectivity index (χ0) is 14.9. The molecule has 4 nitrogen and oxygen atoms in total. The molecule has 1 aliphatic rings. The van der Waals surface area contributed by atoms with Gasteiger partial charge in [-0.2, -0.15) is 0 Å². The zero-order valence-corrected chi connectivity index (χ0v) is 12.9. The zero-order valence-electron chi connectivity index (χ0n) is 12.9. The Morgan fingerprint density at radius 1 is 1.19 bits per heavy atom. The van der Waals surface area contributed by atoms with E-state index in [4.69, 9.17) is 14.6 Å². The van der Waals surface area contributed by atoms with Crippen molar-refractivity contribution in [3.63, 3.8) is 0 Å². The van der Waals surface area contributed by atoms with Crippen LogP contribution in [0.15, 0.2) is 18.2 Å². The first-order valence-electron chi connectivity index (χ1n) is 7.98. The van der Waals surface area contributed by atoms with E-state index in [1.165, 1.54) is 12.8 Å². The molecule has 2 N–H and O–H groups in total. The molecular weight excluding hydrogens is 266 g/mol. The molecule has 0 aromatic heterocycles. The van der Waals surface area contributed by atoms with Gasteiger partial charge in [0.25, 0.3) is 0 Å². The minimum Gasteiger partial charge on any atom is -0.493 e. The fourth-order valence-corrected chi connectivity index (χ4v) is 2.31. The summed E-state index contributed by atoms with van der Waals surface area (Å²) in [4.78, 5) is 0. The van der Waals surface area contributed by atoms with Gasteiger partial charge in [-0.05, 0) is 38.2 Å². The number of aliphatic hydroxyl groups excluding tert-OH is 1. The van der Waals surface area contributed by atoms with Crippen molar-refractivity contribution >= 4 is 0 Å². The molecule has 1 saturated carbocycles. The lowest BCUT2D eigenvalue weighted by Gasteiger charge is -2.15. The van der Waals surface area contributed by atoms with E-state index in [0.717, 1.165) is 49.3 Å². The minimum absolute atomic E-state index is 0.282. The highest BCUT2D eigenvalue weighted by Crippen LogP contribution is 2.32. The molecule has 0 radical (unpaired) electrons. The van der Waals surface area contributed by atoms with E-state index in [1.54, 1.807) is 7.11 Å². The highest BCUT2D eigenvalue weighted by Gasteiger charge is 2.21. The Morgan fingerprint density at radius 3 is 2.71 bits per heavy atom. The summed E-state index contributed by atoms with van der Waals surface area (Å²) in [7, 11) is 1.68. The highest BCUT2D eigenvalue weighted by molar-refractivity contribution is 5.46. The molecule has 0 saturated heterocycles. The molecule has 118 valence electrons. The number of nitrogens with one attached hydrogen (secondary N) is 1. The molecule has 1 fully saturated rings. The van der Waals surface area contributed by atoms with E-state index < -0.39 is 0 Å². The lowest BCUT2D eigenvalue weighted by atomic mass is 10.1. The van der Waals surface area contributed by atoms with Crippen molar-refractivity contribution in [2.45, 2.75) is 51.1 Å². The lowest BCUT2D eigenvalue weighted by Crippen LogP contribution is -2.16. The summed E-state index contributed by atoms with van der Waals surface area (Å²) < 4.78 is 11.4. The Hall–Kier alpha value is -1.26. The molecule has 1 aromatic rings. The third-order valence-corrected chi connectivity index (χ3v) is 3.74. The predicted octanol–water partition coefficient (Wildman–Crippen LogP) is 2.88. The van der Waals surface area contributed by atoms with Crippen molar-refractivity contribution in [3.8, 4) is 11.5 Å². The summed E-state index contributed by atoms with van der Waals surface area (Å²) >= 11 is 0. The van der Waals surface area contributed by atoms with Crippen molar-refractivity contribution < 1.29 is 14.6 Å². The molecule has 0 amide bonds. The van der Waals surface area contributed by atoms with Gasteiger partial charge in [0.2, 0.25) is 0 Å². The first-order chi connectivity index (χ1) is 10.3. The van der Waals surface area contributed by atoms with Gasteiger partial charge in [-0.25, -0.2) is 0 Å². The monoisotopic (exact) mass is 293 g/mol. The van der Waals surface area contributed by atoms with Gasteiger partial charge >= 0.3 is 0 Å². The van der Waals surface area contributed by atoms with Crippen molar-refractivity contribution in [2.24, 2.45) is 0 Å². The van der Waals surface area contributed by atoms with Crippen LogP contribution in [0.5, 0.6) is 11.5 Å². The second-order valence-corrected chi connectivity index (χ2v) is 5.59. The first kappa shape index (κ1) is 16.1. The van der Waals surface area contributed by atoms with Gasteiger partial charge in [0.1, 0.15) is 0 Å². The molecule has 1 aliphatic carbocycles. The van der Waals surface area contributed by atoms with Crippen LogP contribution in [0.25, 0.3) is 0 Å². The number of hydrogen-bond donors (Lipinski definition) is 2. The van der Waals surface area contributed by atoms with Crippen LogP contribution in [0.3, 0.4) is 0 Å². The first-order valence-corrected chi connectivity index (χ1v) is 7.98. The molecule has 4 heteroatoms. The minimum atomic E-state index is 0.282. The number of aliphatic hydroxyl groups is 1. The SMILES string of the molecule is COc1cccc(CNC2CC2)c1OCCCCCCO. The highest BCUT2D eigenvalue weighted by atomic mass is 16.5. The fraction of sp³-hybridized carbons (Fsp3) is 0.647. The molecule has 1 aromatic carbocycles. The van der Waals surface area contributed by atoms with E-state index in [-0.39, 0.29) is 6.61 Å². The largest absolute Gasteiger partial charge is 0.493 e. The lowest BCUT2D eigenvalue weighted by molar-refractivity contribution is 0.266. The van der Waals surface area contributed by atoms with Gasteiger partial charge < -0.3 is 19.9 Å². The molecule has 0 aliphatic heterocycles. The second-order valence-electron chi connectivity index (χ2n) is 5.59. The van der Waals surface area contributed by atoms with E-state index in [0.29, 0.717) is 12.6 Å². The Kier molecular flexibility index (Phi) is 6.83. The maximum absolute atomic E-state index is 8.76. The average Bonchev–Trinajstić information content (AvgIpc) is 3.33. The topological polar surface area (TPSA) is 50.7 Å². The number of hydrogen-bond acceptors (Lipinski definition) is 4. The van der Waals surface area contributed by atoms with Crippen LogP contribution in [0, 0.1) is 0 Å². The maximum Gasteiger partial charge on any atom is 0.165 e. The van der Waals surface area contributed by atoms with Crippen LogP contribution >= 0.6 is 0 Å². The van der Waals surface area contributed by atoms with Gasteiger partial charge in [-0.1, -0.05) is 18.6 Å². The standard InChI is InChI=1S/C17H27NO3/c1-20-16-8-6-7-14(13-18-15-9-10-15)17(16)21-12-5-3-2-4-11-19/h6-8,15,18-19H,2-5,9-13H2,1H3. The number of unbranched alkanes of at least 4 members (excludes halogenated alkanes) is 3. The number of ether oxygens (including phenoxy) is 2. The number of para-hydroxylation sites is 1. The van der Waals surface area contributed by atoms with Crippen LogP contribution in [-0.4, -0.2) is 31.5 Å². The summed E-state index contributed by atoms with van der Waals surface area (Å²) in [6.45, 7) is 1.81. The van der Waals surface area contributed by atoms with Crippen molar-refractivity contribution in [3.05, 3.63) is 23.8 Å². The summed E-state index contributed by atoms with van der Waals surface area (Å²) in [6.07, 6.45) is 6.60. The average molecular weight is 293 g/mol. The molecule has 0 unspecified atom stereocenters. The van der Waals surface area contributed by atoms with Gasteiger partial charge in [0.05, 0.1) is 13.7 Å². The summed E-state index contributed by atoms with van der Waals surface area (Å²) in [5.41, 5.74) is 1.16.